The summed E-state index contributed by atoms with van der Waals surface area (Å²) in [4.78, 5) is 27.9. The van der Waals surface area contributed by atoms with Crippen molar-refractivity contribution >= 4 is 28.1 Å². The summed E-state index contributed by atoms with van der Waals surface area (Å²) in [5.41, 5.74) is 0.885. The topological polar surface area (TPSA) is 88.5 Å². The van der Waals surface area contributed by atoms with Gasteiger partial charge in [0, 0.05) is 29.2 Å². The molecule has 0 saturated carbocycles. The van der Waals surface area contributed by atoms with Gasteiger partial charge in [-0.05, 0) is 42.5 Å². The number of nitrogens with one attached hydrogen (secondary N) is 1. The molecule has 0 fully saturated rings. The Kier molecular flexibility index (Phi) is 6.85. The molecular weight excluding hydrogens is 424 g/mol. The number of pyridine rings is 1. The van der Waals surface area contributed by atoms with Gasteiger partial charge in [-0.1, -0.05) is 17.9 Å². The second-order valence-corrected chi connectivity index (χ2v) is 7.19. The number of benzene rings is 2. The molecular formula is C22H14F2N3O3S-. The van der Waals surface area contributed by atoms with E-state index >= 15 is 0 Å². The average Bonchev–Trinajstić information content (AvgIpc) is 2.73. The third-order valence-electron chi connectivity index (χ3n) is 3.88. The van der Waals surface area contributed by atoms with Gasteiger partial charge in [0.15, 0.2) is 0 Å². The Morgan fingerprint density at radius 3 is 2.29 bits per heavy atom. The highest BCUT2D eigenvalue weighted by Crippen LogP contribution is 2.16. The predicted molar refractivity (Wildman–Crippen MR) is 112 cm³/mol. The number of anilines is 1. The zero-order chi connectivity index (χ0) is 22.4. The van der Waals surface area contributed by atoms with Gasteiger partial charge in [-0.15, -0.1) is 6.26 Å². The van der Waals surface area contributed by atoms with Gasteiger partial charge in [0.25, 0.3) is 11.8 Å². The Morgan fingerprint density at radius 1 is 1.00 bits per heavy atom. The molecule has 1 heterocycles. The normalized spacial score (nSPS) is 11.3. The van der Waals surface area contributed by atoms with E-state index in [-0.39, 0.29) is 5.56 Å². The molecule has 156 valence electrons. The van der Waals surface area contributed by atoms with E-state index in [1.807, 2.05) is 0 Å². The fourth-order valence-corrected chi connectivity index (χ4v) is 2.82. The molecule has 2 amide bonds. The van der Waals surface area contributed by atoms with Crippen LogP contribution in [0.2, 0.25) is 0 Å². The Morgan fingerprint density at radius 2 is 1.65 bits per heavy atom. The molecule has 0 aliphatic carbocycles. The van der Waals surface area contributed by atoms with E-state index in [2.05, 4.69) is 26.5 Å². The molecule has 6 nitrogen and oxygen atoms in total. The van der Waals surface area contributed by atoms with Gasteiger partial charge in [-0.2, -0.15) is 10.6 Å². The second-order valence-electron chi connectivity index (χ2n) is 6.16. The summed E-state index contributed by atoms with van der Waals surface area (Å²) in [7, 11) is -1.62. The van der Waals surface area contributed by atoms with Crippen molar-refractivity contribution in [2.45, 2.75) is 0 Å². The number of aromatic nitrogens is 1. The van der Waals surface area contributed by atoms with Crippen LogP contribution in [0.4, 0.5) is 14.5 Å². The molecule has 0 saturated heterocycles. The van der Waals surface area contributed by atoms with Crippen molar-refractivity contribution in [3.8, 4) is 11.8 Å². The van der Waals surface area contributed by atoms with Crippen LogP contribution in [0.5, 0.6) is 0 Å². The molecule has 3 aromatic rings. The van der Waals surface area contributed by atoms with Crippen molar-refractivity contribution < 1.29 is 22.6 Å². The van der Waals surface area contributed by atoms with Crippen molar-refractivity contribution in [1.29, 1.82) is 0 Å². The highest BCUT2D eigenvalue weighted by molar-refractivity contribution is 7.74. The first-order valence-corrected chi connectivity index (χ1v) is 10.3. The van der Waals surface area contributed by atoms with Gasteiger partial charge in [0.05, 0.1) is 5.56 Å². The molecule has 1 aromatic heterocycles. The molecule has 0 unspecified atom stereocenters. The number of rotatable bonds is 3. The van der Waals surface area contributed by atoms with E-state index in [1.54, 1.807) is 12.1 Å². The molecule has 0 aliphatic rings. The SMILES string of the molecule is C[S-](=O)=NC(=O)c1cncc(C#Cc2ccc(NC(=O)c3c(F)cccc3F)cc2)c1. The molecule has 3 rings (SSSR count). The lowest BCUT2D eigenvalue weighted by molar-refractivity contribution is 0.0999. The van der Waals surface area contributed by atoms with E-state index in [0.29, 0.717) is 16.8 Å². The van der Waals surface area contributed by atoms with Crippen LogP contribution >= 0.6 is 0 Å². The summed E-state index contributed by atoms with van der Waals surface area (Å²) in [5.74, 6) is 2.26. The number of amides is 2. The van der Waals surface area contributed by atoms with Crippen molar-refractivity contribution in [3.05, 3.63) is 94.8 Å². The Labute approximate surface area is 178 Å². The summed E-state index contributed by atoms with van der Waals surface area (Å²) in [6.45, 7) is 0. The van der Waals surface area contributed by atoms with E-state index < -0.39 is 39.6 Å². The monoisotopic (exact) mass is 438 g/mol. The number of carbonyl (C=O) groups is 2. The standard InChI is InChI=1S/C22H14F2N3O3S/c1-31(30)27-21(28)16-11-15(12-25-13-16)6-5-14-7-9-17(10-8-14)26-22(29)20-18(23)3-2-4-19(20)24/h2-4,7-13H,1H3,(H,26,29)/q-1. The van der Waals surface area contributed by atoms with Crippen molar-refractivity contribution in [2.75, 3.05) is 11.6 Å². The number of halogens is 2. The third-order valence-corrected chi connectivity index (χ3v) is 4.30. The van der Waals surface area contributed by atoms with E-state index in [9.17, 15) is 22.6 Å². The van der Waals surface area contributed by atoms with Crippen LogP contribution in [0, 0.1) is 23.5 Å². The maximum atomic E-state index is 13.7. The van der Waals surface area contributed by atoms with Crippen LogP contribution in [0.15, 0.2) is 65.3 Å². The molecule has 0 spiro atoms. The average molecular weight is 438 g/mol. The molecule has 9 heteroatoms. The molecule has 1 N–H and O–H groups in total. The first kappa shape index (κ1) is 21.8. The quantitative estimate of drug-likeness (QED) is 0.496. The highest BCUT2D eigenvalue weighted by atomic mass is 32.2. The largest absolute Gasteiger partial charge is 0.444 e. The van der Waals surface area contributed by atoms with Gasteiger partial charge in [-0.25, -0.2) is 8.78 Å². The Balaban J connectivity index is 1.73. The number of nitrogens with zero attached hydrogens (tertiary/aromatic N) is 2. The second kappa shape index (κ2) is 9.73. The van der Waals surface area contributed by atoms with Crippen LogP contribution in [0.25, 0.3) is 0 Å². The van der Waals surface area contributed by atoms with Crippen molar-refractivity contribution in [1.82, 2.24) is 4.98 Å². The minimum Gasteiger partial charge on any atom is -0.444 e. The Bertz CT molecular complexity index is 1290. The summed E-state index contributed by atoms with van der Waals surface area (Å²) in [6, 6.07) is 11.0. The lowest BCUT2D eigenvalue weighted by Gasteiger charge is -2.07. The fraction of sp³-hybridized carbons (Fsp3) is 0.0455. The maximum Gasteiger partial charge on any atom is 0.261 e. The first-order valence-electron chi connectivity index (χ1n) is 8.75. The van der Waals surface area contributed by atoms with Gasteiger partial charge in [0.2, 0.25) is 0 Å². The molecule has 2 aromatic carbocycles. The molecule has 0 atom stereocenters. The van der Waals surface area contributed by atoms with Crippen LogP contribution < -0.4 is 5.32 Å². The van der Waals surface area contributed by atoms with E-state index in [4.69, 9.17) is 0 Å². The lowest BCUT2D eigenvalue weighted by Crippen LogP contribution is -2.15. The molecule has 0 radical (unpaired) electrons. The van der Waals surface area contributed by atoms with Gasteiger partial charge >= 0.3 is 0 Å². The van der Waals surface area contributed by atoms with Crippen LogP contribution in [0.1, 0.15) is 31.8 Å². The zero-order valence-corrected chi connectivity index (χ0v) is 16.9. The minimum atomic E-state index is -1.62. The number of hydrogen-bond acceptors (Lipinski definition) is 5. The van der Waals surface area contributed by atoms with Gasteiger partial charge in [-0.3, -0.25) is 14.6 Å². The number of hydrogen-bond donors (Lipinski definition) is 1. The highest BCUT2D eigenvalue weighted by Gasteiger charge is 2.16. The van der Waals surface area contributed by atoms with Crippen molar-refractivity contribution in [2.24, 2.45) is 4.36 Å². The molecule has 31 heavy (non-hydrogen) atoms. The summed E-state index contributed by atoms with van der Waals surface area (Å²) < 4.78 is 41.9. The van der Waals surface area contributed by atoms with Gasteiger partial charge < -0.3 is 13.9 Å². The molecule has 0 aliphatic heterocycles. The fourth-order valence-electron chi connectivity index (χ4n) is 2.48. The smallest absolute Gasteiger partial charge is 0.261 e. The lowest BCUT2D eigenvalue weighted by atomic mass is 10.1. The molecule has 0 bridgehead atoms. The zero-order valence-electron chi connectivity index (χ0n) is 16.1. The minimum absolute atomic E-state index is 0.167. The van der Waals surface area contributed by atoms with Crippen LogP contribution in [0.3, 0.4) is 0 Å². The maximum absolute atomic E-state index is 13.7. The van der Waals surface area contributed by atoms with Crippen LogP contribution in [-0.2, 0) is 14.8 Å². The van der Waals surface area contributed by atoms with Crippen molar-refractivity contribution in [3.63, 3.8) is 0 Å². The van der Waals surface area contributed by atoms with E-state index in [0.717, 1.165) is 12.1 Å². The third kappa shape index (κ3) is 5.81. The Hall–Kier alpha value is -3.90. The predicted octanol–water partition coefficient (Wildman–Crippen LogP) is 3.93. The van der Waals surface area contributed by atoms with E-state index in [1.165, 1.54) is 42.9 Å². The first-order chi connectivity index (χ1) is 14.8. The summed E-state index contributed by atoms with van der Waals surface area (Å²) in [5, 5.41) is 2.43. The van der Waals surface area contributed by atoms with Gasteiger partial charge in [0.1, 0.15) is 17.2 Å². The summed E-state index contributed by atoms with van der Waals surface area (Å²) >= 11 is 0. The summed E-state index contributed by atoms with van der Waals surface area (Å²) in [6.07, 6.45) is 4.05. The number of carbonyl (C=O) groups excluding carboxylic acids is 2. The van der Waals surface area contributed by atoms with Crippen LogP contribution in [-0.4, -0.2) is 23.1 Å².